The van der Waals surface area contributed by atoms with E-state index in [1.54, 1.807) is 22.9 Å². The number of likely N-dealkylation sites (tertiary alicyclic amines) is 1. The number of amides is 2. The molecule has 0 saturated carbocycles. The number of carbonyl (C=O) groups is 2. The number of methoxy groups -OCH3 is 1. The molecule has 0 bridgehead atoms. The van der Waals surface area contributed by atoms with Crippen LogP contribution in [0.3, 0.4) is 0 Å². The summed E-state index contributed by atoms with van der Waals surface area (Å²) >= 11 is 6.05. The van der Waals surface area contributed by atoms with Crippen LogP contribution in [0.4, 0.5) is 5.82 Å². The van der Waals surface area contributed by atoms with Crippen molar-refractivity contribution in [1.82, 2.24) is 14.7 Å². The van der Waals surface area contributed by atoms with Crippen LogP contribution in [0.1, 0.15) is 17.5 Å². The van der Waals surface area contributed by atoms with Crippen molar-refractivity contribution in [3.63, 3.8) is 0 Å². The normalized spacial score (nSPS) is 16.8. The Morgan fingerprint density at radius 2 is 2.26 bits per heavy atom. The topological polar surface area (TPSA) is 76.5 Å². The zero-order valence-corrected chi connectivity index (χ0v) is 16.2. The molecule has 0 radical (unpaired) electrons. The first-order chi connectivity index (χ1) is 13.0. The molecule has 1 fully saturated rings. The maximum atomic E-state index is 12.7. The minimum atomic E-state index is -0.372. The molecule has 1 saturated heterocycles. The molecule has 1 aliphatic heterocycles. The lowest BCUT2D eigenvalue weighted by molar-refractivity contribution is -0.128. The molecule has 1 aromatic heterocycles. The second-order valence-corrected chi connectivity index (χ2v) is 7.12. The summed E-state index contributed by atoms with van der Waals surface area (Å²) in [4.78, 5) is 26.4. The molecule has 1 aromatic carbocycles. The van der Waals surface area contributed by atoms with Crippen molar-refractivity contribution >= 4 is 29.2 Å². The van der Waals surface area contributed by atoms with E-state index in [0.29, 0.717) is 37.1 Å². The summed E-state index contributed by atoms with van der Waals surface area (Å²) in [6, 6.07) is 7.52. The van der Waals surface area contributed by atoms with E-state index in [0.717, 1.165) is 11.1 Å². The van der Waals surface area contributed by atoms with Crippen molar-refractivity contribution in [2.24, 2.45) is 5.92 Å². The number of hydrogen-bond acceptors (Lipinski definition) is 4. The van der Waals surface area contributed by atoms with Gasteiger partial charge in [-0.3, -0.25) is 9.59 Å². The van der Waals surface area contributed by atoms with Gasteiger partial charge in [-0.05, 0) is 24.6 Å². The predicted octanol–water partition coefficient (Wildman–Crippen LogP) is 2.33. The molecular weight excluding hydrogens is 368 g/mol. The fourth-order valence-electron chi connectivity index (χ4n) is 3.15. The first kappa shape index (κ1) is 19.4. The van der Waals surface area contributed by atoms with Gasteiger partial charge >= 0.3 is 0 Å². The highest BCUT2D eigenvalue weighted by molar-refractivity contribution is 6.30. The van der Waals surface area contributed by atoms with Crippen LogP contribution in [0.2, 0.25) is 5.02 Å². The molecule has 144 valence electrons. The molecule has 3 rings (SSSR count). The van der Waals surface area contributed by atoms with Crippen LogP contribution in [0.25, 0.3) is 0 Å². The van der Waals surface area contributed by atoms with Crippen LogP contribution < -0.4 is 5.32 Å². The Labute approximate surface area is 163 Å². The number of nitrogens with zero attached hydrogens (tertiary/aromatic N) is 3. The van der Waals surface area contributed by atoms with Gasteiger partial charge < -0.3 is 15.0 Å². The Kier molecular flexibility index (Phi) is 6.13. The second-order valence-electron chi connectivity index (χ2n) is 6.69. The van der Waals surface area contributed by atoms with Gasteiger partial charge in [0.25, 0.3) is 0 Å². The summed E-state index contributed by atoms with van der Waals surface area (Å²) in [5, 5.41) is 7.96. The van der Waals surface area contributed by atoms with Gasteiger partial charge in [-0.15, -0.1) is 0 Å². The third kappa shape index (κ3) is 4.67. The van der Waals surface area contributed by atoms with Gasteiger partial charge in [0.1, 0.15) is 5.82 Å². The number of hydrogen-bond donors (Lipinski definition) is 1. The lowest BCUT2D eigenvalue weighted by Gasteiger charge is -2.16. The molecule has 1 N–H and O–H groups in total. The minimum absolute atomic E-state index is 0.0173. The van der Waals surface area contributed by atoms with Crippen LogP contribution in [0, 0.1) is 12.8 Å². The maximum absolute atomic E-state index is 12.7. The minimum Gasteiger partial charge on any atom is -0.383 e. The van der Waals surface area contributed by atoms with Gasteiger partial charge in [0, 0.05) is 37.2 Å². The summed E-state index contributed by atoms with van der Waals surface area (Å²) in [6.45, 7) is 3.77. The average molecular weight is 391 g/mol. The Balaban J connectivity index is 1.68. The van der Waals surface area contributed by atoms with Crippen LogP contribution in [0.5, 0.6) is 0 Å². The highest BCUT2D eigenvalue weighted by Gasteiger charge is 2.34. The molecule has 8 heteroatoms. The Morgan fingerprint density at radius 3 is 3.00 bits per heavy atom. The summed E-state index contributed by atoms with van der Waals surface area (Å²) in [6.07, 6.45) is 1.93. The average Bonchev–Trinajstić information content (AvgIpc) is 3.17. The lowest BCUT2D eigenvalue weighted by Crippen LogP contribution is -2.31. The van der Waals surface area contributed by atoms with Gasteiger partial charge in [-0.25, -0.2) is 4.68 Å². The Hall–Kier alpha value is -2.38. The van der Waals surface area contributed by atoms with Crippen molar-refractivity contribution in [1.29, 1.82) is 0 Å². The molecule has 1 atom stereocenters. The van der Waals surface area contributed by atoms with Gasteiger partial charge in [0.15, 0.2) is 0 Å². The van der Waals surface area contributed by atoms with E-state index < -0.39 is 0 Å². The molecule has 1 aliphatic rings. The van der Waals surface area contributed by atoms with E-state index in [2.05, 4.69) is 10.4 Å². The summed E-state index contributed by atoms with van der Waals surface area (Å²) in [5.41, 5.74) is 1.86. The van der Waals surface area contributed by atoms with Crippen molar-refractivity contribution in [2.45, 2.75) is 19.9 Å². The SMILES string of the molecule is COCCN1CC(C(=O)Nc2c(C)cnn2Cc2cccc(Cl)c2)CC1=O. The quantitative estimate of drug-likeness (QED) is 0.787. The zero-order valence-electron chi connectivity index (χ0n) is 15.4. The molecule has 0 aliphatic carbocycles. The number of anilines is 1. The highest BCUT2D eigenvalue weighted by atomic mass is 35.5. The van der Waals surface area contributed by atoms with Crippen molar-refractivity contribution in [3.05, 3.63) is 46.6 Å². The van der Waals surface area contributed by atoms with Gasteiger partial charge in [-0.2, -0.15) is 5.10 Å². The van der Waals surface area contributed by atoms with Crippen LogP contribution in [-0.4, -0.2) is 53.3 Å². The first-order valence-corrected chi connectivity index (χ1v) is 9.20. The van der Waals surface area contributed by atoms with E-state index in [4.69, 9.17) is 16.3 Å². The number of halogens is 1. The zero-order chi connectivity index (χ0) is 19.4. The number of aryl methyl sites for hydroxylation is 1. The monoisotopic (exact) mass is 390 g/mol. The molecule has 0 spiro atoms. The molecule has 2 aromatic rings. The molecule has 2 heterocycles. The van der Waals surface area contributed by atoms with Crippen LogP contribution in [-0.2, 0) is 20.9 Å². The number of benzene rings is 1. The Bertz CT molecular complexity index is 836. The van der Waals surface area contributed by atoms with Crippen molar-refractivity contribution in [2.75, 3.05) is 32.1 Å². The van der Waals surface area contributed by atoms with E-state index >= 15 is 0 Å². The van der Waals surface area contributed by atoms with Crippen molar-refractivity contribution in [3.8, 4) is 0 Å². The largest absolute Gasteiger partial charge is 0.383 e. The number of carbonyl (C=O) groups excluding carboxylic acids is 2. The fraction of sp³-hybridized carbons (Fsp3) is 0.421. The van der Waals surface area contributed by atoms with Crippen LogP contribution >= 0.6 is 11.6 Å². The molecule has 2 amide bonds. The molecule has 27 heavy (non-hydrogen) atoms. The summed E-state index contributed by atoms with van der Waals surface area (Å²) < 4.78 is 6.75. The van der Waals surface area contributed by atoms with Gasteiger partial charge in [-0.1, -0.05) is 23.7 Å². The summed E-state index contributed by atoms with van der Waals surface area (Å²) in [7, 11) is 1.59. The van der Waals surface area contributed by atoms with Gasteiger partial charge in [0.05, 0.1) is 25.3 Å². The second kappa shape index (κ2) is 8.54. The number of nitrogens with one attached hydrogen (secondary N) is 1. The van der Waals surface area contributed by atoms with E-state index in [1.165, 1.54) is 0 Å². The van der Waals surface area contributed by atoms with E-state index in [-0.39, 0.29) is 24.2 Å². The van der Waals surface area contributed by atoms with Gasteiger partial charge in [0.2, 0.25) is 11.8 Å². The van der Waals surface area contributed by atoms with Crippen molar-refractivity contribution < 1.29 is 14.3 Å². The van der Waals surface area contributed by atoms with E-state index in [1.807, 2.05) is 31.2 Å². The predicted molar refractivity (Wildman–Crippen MR) is 103 cm³/mol. The van der Waals surface area contributed by atoms with Crippen LogP contribution in [0.15, 0.2) is 30.5 Å². The number of aromatic nitrogens is 2. The number of ether oxygens (including phenoxy) is 1. The number of rotatable bonds is 7. The lowest BCUT2D eigenvalue weighted by atomic mass is 10.1. The standard InChI is InChI=1S/C19H23ClN4O3/c1-13-10-21-24(11-14-4-3-5-16(20)8-14)18(13)22-19(26)15-9-17(25)23(12-15)6-7-27-2/h3-5,8,10,15H,6-7,9,11-12H2,1-2H3,(H,22,26). The smallest absolute Gasteiger partial charge is 0.230 e. The summed E-state index contributed by atoms with van der Waals surface area (Å²) in [5.74, 6) is 0.0848. The Morgan fingerprint density at radius 1 is 1.44 bits per heavy atom. The third-order valence-corrected chi connectivity index (χ3v) is 4.87. The first-order valence-electron chi connectivity index (χ1n) is 8.82. The molecule has 7 nitrogen and oxygen atoms in total. The van der Waals surface area contributed by atoms with E-state index in [9.17, 15) is 9.59 Å². The maximum Gasteiger partial charge on any atom is 0.230 e. The molecular formula is C19H23ClN4O3. The third-order valence-electron chi connectivity index (χ3n) is 4.64. The molecule has 1 unspecified atom stereocenters. The highest BCUT2D eigenvalue weighted by Crippen LogP contribution is 2.22. The fourth-order valence-corrected chi connectivity index (χ4v) is 3.37.